The molecule has 0 N–H and O–H groups in total. The van der Waals surface area contributed by atoms with Crippen LogP contribution in [0.1, 0.15) is 70.5 Å². The molecule has 0 aromatic heterocycles. The minimum absolute atomic E-state index is 0.0812. The number of unbranched alkanes of at least 4 members (excludes halogenated alkanes) is 1. The van der Waals surface area contributed by atoms with Gasteiger partial charge in [0.1, 0.15) is 0 Å². The van der Waals surface area contributed by atoms with Crippen LogP contribution in [0.4, 0.5) is 0 Å². The third kappa shape index (κ3) is 4.80. The molecule has 2 aliphatic heterocycles. The topological polar surface area (TPSA) is 30.9 Å². The van der Waals surface area contributed by atoms with E-state index in [4.69, 9.17) is 14.2 Å². The van der Waals surface area contributed by atoms with Gasteiger partial charge in [-0.25, -0.2) is 0 Å². The molecule has 152 valence electrons. The molecule has 5 heteroatoms. The Balaban J connectivity index is 1.82. The van der Waals surface area contributed by atoms with Gasteiger partial charge < -0.3 is 14.2 Å². The fourth-order valence-corrected chi connectivity index (χ4v) is 5.02. The number of fused-ring (bicyclic) bond motifs is 3. The molecule has 0 bridgehead atoms. The van der Waals surface area contributed by atoms with Crippen molar-refractivity contribution in [2.24, 2.45) is 0 Å². The van der Waals surface area contributed by atoms with Crippen LogP contribution in [0.5, 0.6) is 11.5 Å². The summed E-state index contributed by atoms with van der Waals surface area (Å²) in [5.74, 6) is 1.70. The number of hydrogen-bond donors (Lipinski definition) is 0. The van der Waals surface area contributed by atoms with E-state index in [1.54, 1.807) is 7.11 Å². The summed E-state index contributed by atoms with van der Waals surface area (Å²) in [5, 5.41) is 0. The van der Waals surface area contributed by atoms with E-state index in [2.05, 4.69) is 54.6 Å². The van der Waals surface area contributed by atoms with Gasteiger partial charge in [0.05, 0.1) is 29.9 Å². The van der Waals surface area contributed by atoms with Crippen molar-refractivity contribution in [2.45, 2.75) is 77.5 Å². The highest BCUT2D eigenvalue weighted by Gasteiger charge is 2.37. The summed E-state index contributed by atoms with van der Waals surface area (Å²) in [7, 11) is 1.73. The van der Waals surface area contributed by atoms with E-state index < -0.39 is 0 Å². The number of piperidine rings is 1. The minimum Gasteiger partial charge on any atom is -0.493 e. The summed E-state index contributed by atoms with van der Waals surface area (Å²) < 4.78 is 19.1. The molecular formula is C22H34BrNO3. The third-order valence-corrected chi connectivity index (χ3v) is 6.30. The first kappa shape index (κ1) is 20.9. The summed E-state index contributed by atoms with van der Waals surface area (Å²) in [6.07, 6.45) is 5.76. The largest absolute Gasteiger partial charge is 0.493 e. The maximum Gasteiger partial charge on any atom is 0.175 e. The fraction of sp³-hybridized carbons (Fsp3) is 0.727. The number of nitrogens with zero attached hydrogens (tertiary/aromatic N) is 1. The van der Waals surface area contributed by atoms with Gasteiger partial charge in [-0.15, -0.1) is 0 Å². The highest BCUT2D eigenvalue weighted by molar-refractivity contribution is 9.10. The van der Waals surface area contributed by atoms with Gasteiger partial charge in [-0.3, -0.25) is 4.90 Å². The molecule has 4 nitrogen and oxygen atoms in total. The normalized spacial score (nSPS) is 22.9. The molecule has 0 amide bonds. The zero-order valence-electron chi connectivity index (χ0n) is 17.4. The Hall–Kier alpha value is -0.780. The molecule has 0 spiro atoms. The van der Waals surface area contributed by atoms with Crippen molar-refractivity contribution in [2.75, 3.05) is 26.8 Å². The lowest BCUT2D eigenvalue weighted by atomic mass is 9.85. The first-order chi connectivity index (χ1) is 12.8. The highest BCUT2D eigenvalue weighted by atomic mass is 79.9. The summed E-state index contributed by atoms with van der Waals surface area (Å²) in [6.45, 7) is 11.4. The molecule has 2 aliphatic rings. The number of methoxy groups -OCH3 is 1. The molecule has 2 unspecified atom stereocenters. The van der Waals surface area contributed by atoms with Crippen molar-refractivity contribution in [3.8, 4) is 11.5 Å². The second-order valence-corrected chi connectivity index (χ2v) is 9.48. The van der Waals surface area contributed by atoms with Gasteiger partial charge in [0, 0.05) is 19.1 Å². The Morgan fingerprint density at radius 1 is 1.26 bits per heavy atom. The van der Waals surface area contributed by atoms with E-state index in [1.165, 1.54) is 11.1 Å². The molecule has 2 heterocycles. The minimum atomic E-state index is -0.0812. The molecule has 2 atom stereocenters. The first-order valence-electron chi connectivity index (χ1n) is 10.3. The van der Waals surface area contributed by atoms with Crippen LogP contribution in [-0.2, 0) is 11.2 Å². The van der Waals surface area contributed by atoms with Crippen molar-refractivity contribution < 1.29 is 14.2 Å². The molecule has 3 rings (SSSR count). The summed E-state index contributed by atoms with van der Waals surface area (Å²) in [6, 6.07) is 2.66. The van der Waals surface area contributed by atoms with E-state index in [0.717, 1.165) is 67.8 Å². The lowest BCUT2D eigenvalue weighted by molar-refractivity contribution is -0.0971. The smallest absolute Gasteiger partial charge is 0.175 e. The molecule has 1 saturated heterocycles. The molecule has 0 saturated carbocycles. The number of ether oxygens (including phenoxy) is 3. The Kier molecular flexibility index (Phi) is 6.75. The predicted octanol–water partition coefficient (Wildman–Crippen LogP) is 5.51. The monoisotopic (exact) mass is 439 g/mol. The van der Waals surface area contributed by atoms with Gasteiger partial charge in [-0.1, -0.05) is 13.3 Å². The average molecular weight is 440 g/mol. The quantitative estimate of drug-likeness (QED) is 0.546. The van der Waals surface area contributed by atoms with Gasteiger partial charge in [0.2, 0.25) is 0 Å². The van der Waals surface area contributed by atoms with E-state index in [1.807, 2.05) is 0 Å². The Morgan fingerprint density at radius 2 is 2.04 bits per heavy atom. The predicted molar refractivity (Wildman–Crippen MR) is 113 cm³/mol. The number of benzene rings is 1. The summed E-state index contributed by atoms with van der Waals surface area (Å²) >= 11 is 3.83. The standard InChI is InChI=1S/C22H34BrNO3/c1-6-7-12-26-21-19(25-5)13-17-16(20(21)23)10-11-24-14-15(8-9-18(17)24)27-22(2,3)4/h13,15,18H,6-12,14H2,1-5H3. The number of halogens is 1. The van der Waals surface area contributed by atoms with Crippen molar-refractivity contribution in [1.82, 2.24) is 4.90 Å². The fourth-order valence-electron chi connectivity index (χ4n) is 4.28. The first-order valence-corrected chi connectivity index (χ1v) is 11.1. The van der Waals surface area contributed by atoms with Crippen LogP contribution < -0.4 is 9.47 Å². The van der Waals surface area contributed by atoms with Crippen LogP contribution in [0, 0.1) is 0 Å². The highest BCUT2D eigenvalue weighted by Crippen LogP contribution is 2.47. The second-order valence-electron chi connectivity index (χ2n) is 8.68. The van der Waals surface area contributed by atoms with Gasteiger partial charge in [-0.05, 0) is 79.6 Å². The Bertz CT molecular complexity index is 656. The van der Waals surface area contributed by atoms with Gasteiger partial charge in [-0.2, -0.15) is 0 Å². The van der Waals surface area contributed by atoms with Crippen LogP contribution in [-0.4, -0.2) is 43.4 Å². The van der Waals surface area contributed by atoms with Gasteiger partial charge in [0.25, 0.3) is 0 Å². The maximum atomic E-state index is 6.26. The molecule has 27 heavy (non-hydrogen) atoms. The zero-order valence-corrected chi connectivity index (χ0v) is 19.0. The van der Waals surface area contributed by atoms with E-state index in [-0.39, 0.29) is 5.60 Å². The molecule has 0 radical (unpaired) electrons. The lowest BCUT2D eigenvalue weighted by Gasteiger charge is -2.45. The van der Waals surface area contributed by atoms with Crippen molar-refractivity contribution in [3.63, 3.8) is 0 Å². The van der Waals surface area contributed by atoms with Crippen LogP contribution in [0.3, 0.4) is 0 Å². The lowest BCUT2D eigenvalue weighted by Crippen LogP contribution is -2.47. The van der Waals surface area contributed by atoms with E-state index in [9.17, 15) is 0 Å². The van der Waals surface area contributed by atoms with Crippen LogP contribution in [0.2, 0.25) is 0 Å². The van der Waals surface area contributed by atoms with Crippen LogP contribution >= 0.6 is 15.9 Å². The number of rotatable bonds is 6. The van der Waals surface area contributed by atoms with Crippen LogP contribution in [0.25, 0.3) is 0 Å². The molecule has 1 aromatic carbocycles. The molecular weight excluding hydrogens is 406 g/mol. The molecule has 0 aliphatic carbocycles. The Labute approximate surface area is 172 Å². The zero-order chi connectivity index (χ0) is 19.6. The van der Waals surface area contributed by atoms with E-state index in [0.29, 0.717) is 12.1 Å². The third-order valence-electron chi connectivity index (χ3n) is 5.46. The van der Waals surface area contributed by atoms with Crippen LogP contribution in [0.15, 0.2) is 10.5 Å². The second kappa shape index (κ2) is 8.71. The van der Waals surface area contributed by atoms with Crippen molar-refractivity contribution in [1.29, 1.82) is 0 Å². The summed E-state index contributed by atoms with van der Waals surface area (Å²) in [5.41, 5.74) is 2.70. The SMILES string of the molecule is CCCCOc1c(OC)cc2c(c1Br)CCN1CC(OC(C)(C)C)CCC21. The number of hydrogen-bond acceptors (Lipinski definition) is 4. The van der Waals surface area contributed by atoms with E-state index >= 15 is 0 Å². The Morgan fingerprint density at radius 3 is 2.70 bits per heavy atom. The van der Waals surface area contributed by atoms with Gasteiger partial charge >= 0.3 is 0 Å². The van der Waals surface area contributed by atoms with Crippen molar-refractivity contribution in [3.05, 3.63) is 21.7 Å². The maximum absolute atomic E-state index is 6.26. The molecule has 1 fully saturated rings. The summed E-state index contributed by atoms with van der Waals surface area (Å²) in [4.78, 5) is 2.59. The van der Waals surface area contributed by atoms with Crippen molar-refractivity contribution >= 4 is 15.9 Å². The average Bonchev–Trinajstić information content (AvgIpc) is 2.61. The molecule has 1 aromatic rings. The van der Waals surface area contributed by atoms with Gasteiger partial charge in [0.15, 0.2) is 11.5 Å².